The van der Waals surface area contributed by atoms with Gasteiger partial charge in [0.2, 0.25) is 11.8 Å². The van der Waals surface area contributed by atoms with Gasteiger partial charge in [0.15, 0.2) is 0 Å². The molecule has 0 aliphatic carbocycles. The van der Waals surface area contributed by atoms with Gasteiger partial charge in [-0.25, -0.2) is 4.39 Å². The van der Waals surface area contributed by atoms with Crippen molar-refractivity contribution in [3.8, 4) is 0 Å². The fraction of sp³-hybridized carbons (Fsp3) is 0.467. The first-order valence-electron chi connectivity index (χ1n) is 6.76. The molecule has 0 radical (unpaired) electrons. The summed E-state index contributed by atoms with van der Waals surface area (Å²) in [4.78, 5) is 25.8. The zero-order valence-corrected chi connectivity index (χ0v) is 11.9. The summed E-state index contributed by atoms with van der Waals surface area (Å²) in [5.74, 6) is -0.542. The van der Waals surface area contributed by atoms with E-state index in [2.05, 4.69) is 5.32 Å². The monoisotopic (exact) mass is 278 g/mol. The smallest absolute Gasteiger partial charge is 0.243 e. The van der Waals surface area contributed by atoms with Gasteiger partial charge in [-0.1, -0.05) is 26.0 Å². The summed E-state index contributed by atoms with van der Waals surface area (Å²) in [6, 6.07) is 5.28. The van der Waals surface area contributed by atoms with Gasteiger partial charge in [-0.15, -0.1) is 0 Å². The first-order valence-corrected chi connectivity index (χ1v) is 6.76. The summed E-state index contributed by atoms with van der Waals surface area (Å²) in [5.41, 5.74) is 0.820. The van der Waals surface area contributed by atoms with Crippen molar-refractivity contribution in [2.45, 2.75) is 32.9 Å². The molecule has 4 nitrogen and oxygen atoms in total. The normalized spacial score (nSPS) is 21.1. The molecule has 1 saturated heterocycles. The minimum absolute atomic E-state index is 0.0159. The van der Waals surface area contributed by atoms with Crippen LogP contribution in [0.25, 0.3) is 0 Å². The molecule has 0 bridgehead atoms. The largest absolute Gasteiger partial charge is 0.345 e. The third-order valence-corrected chi connectivity index (χ3v) is 3.67. The van der Waals surface area contributed by atoms with Crippen LogP contribution in [0.5, 0.6) is 0 Å². The van der Waals surface area contributed by atoms with Crippen LogP contribution < -0.4 is 5.32 Å². The van der Waals surface area contributed by atoms with Crippen molar-refractivity contribution in [1.82, 2.24) is 10.2 Å². The van der Waals surface area contributed by atoms with Crippen LogP contribution in [-0.4, -0.2) is 29.3 Å². The van der Waals surface area contributed by atoms with Crippen molar-refractivity contribution >= 4 is 11.8 Å². The van der Waals surface area contributed by atoms with Crippen LogP contribution in [0.1, 0.15) is 32.4 Å². The maximum atomic E-state index is 13.0. The molecule has 2 amide bonds. The van der Waals surface area contributed by atoms with E-state index in [4.69, 9.17) is 0 Å². The molecule has 2 atom stereocenters. The molecule has 5 heteroatoms. The number of halogens is 1. The van der Waals surface area contributed by atoms with E-state index in [1.165, 1.54) is 12.1 Å². The van der Waals surface area contributed by atoms with Crippen LogP contribution >= 0.6 is 0 Å². The number of carbonyl (C=O) groups excluding carboxylic acids is 2. The van der Waals surface area contributed by atoms with E-state index >= 15 is 0 Å². The Morgan fingerprint density at radius 1 is 1.20 bits per heavy atom. The van der Waals surface area contributed by atoms with Gasteiger partial charge in [-0.05, 0) is 30.5 Å². The predicted octanol–water partition coefficient (Wildman–Crippen LogP) is 1.87. The molecule has 20 heavy (non-hydrogen) atoms. The van der Waals surface area contributed by atoms with E-state index in [1.54, 1.807) is 17.0 Å². The van der Waals surface area contributed by atoms with E-state index in [1.807, 2.05) is 20.8 Å². The van der Waals surface area contributed by atoms with Gasteiger partial charge in [-0.3, -0.25) is 9.59 Å². The summed E-state index contributed by atoms with van der Waals surface area (Å²) < 4.78 is 13.0. The summed E-state index contributed by atoms with van der Waals surface area (Å²) in [6.07, 6.45) is 0. The molecule has 1 aliphatic heterocycles. The number of carbonyl (C=O) groups is 2. The topological polar surface area (TPSA) is 49.4 Å². The lowest BCUT2D eigenvalue weighted by Gasteiger charge is -2.41. The Labute approximate surface area is 118 Å². The molecule has 108 valence electrons. The maximum absolute atomic E-state index is 13.0. The van der Waals surface area contributed by atoms with Gasteiger partial charge in [0.1, 0.15) is 11.9 Å². The third kappa shape index (κ3) is 2.66. The molecule has 1 N–H and O–H groups in total. The Kier molecular flexibility index (Phi) is 4.06. The molecular weight excluding hydrogens is 259 g/mol. The number of piperazine rings is 1. The van der Waals surface area contributed by atoms with Gasteiger partial charge < -0.3 is 10.2 Å². The number of nitrogens with zero attached hydrogens (tertiary/aromatic N) is 1. The van der Waals surface area contributed by atoms with Crippen molar-refractivity contribution in [3.05, 3.63) is 35.6 Å². The summed E-state index contributed by atoms with van der Waals surface area (Å²) in [5, 5.41) is 2.62. The first kappa shape index (κ1) is 14.5. The van der Waals surface area contributed by atoms with Crippen molar-refractivity contribution in [2.75, 3.05) is 6.54 Å². The Morgan fingerprint density at radius 2 is 1.80 bits per heavy atom. The van der Waals surface area contributed by atoms with Crippen LogP contribution in [-0.2, 0) is 9.59 Å². The highest BCUT2D eigenvalue weighted by Gasteiger charge is 2.39. The van der Waals surface area contributed by atoms with E-state index in [-0.39, 0.29) is 36.1 Å². The number of hydrogen-bond donors (Lipinski definition) is 1. The summed E-state index contributed by atoms with van der Waals surface area (Å²) >= 11 is 0. The van der Waals surface area contributed by atoms with E-state index in [9.17, 15) is 14.0 Å². The molecule has 0 spiro atoms. The average molecular weight is 278 g/mol. The third-order valence-electron chi connectivity index (χ3n) is 3.67. The second-order valence-corrected chi connectivity index (χ2v) is 5.44. The molecule has 1 fully saturated rings. The van der Waals surface area contributed by atoms with Gasteiger partial charge >= 0.3 is 0 Å². The SMILES string of the molecule is CC(C)C1C(=O)NCC(=O)N1C(C)c1ccc(F)cc1. The van der Waals surface area contributed by atoms with Crippen molar-refractivity contribution in [1.29, 1.82) is 0 Å². The van der Waals surface area contributed by atoms with Gasteiger partial charge in [-0.2, -0.15) is 0 Å². The minimum atomic E-state index is -0.490. The fourth-order valence-electron chi connectivity index (χ4n) is 2.62. The number of nitrogens with one attached hydrogen (secondary N) is 1. The minimum Gasteiger partial charge on any atom is -0.345 e. The highest BCUT2D eigenvalue weighted by Crippen LogP contribution is 2.27. The second-order valence-electron chi connectivity index (χ2n) is 5.44. The highest BCUT2D eigenvalue weighted by atomic mass is 19.1. The Morgan fingerprint density at radius 3 is 2.35 bits per heavy atom. The van der Waals surface area contributed by atoms with Crippen molar-refractivity contribution < 1.29 is 14.0 Å². The molecule has 1 aromatic carbocycles. The predicted molar refractivity (Wildman–Crippen MR) is 73.3 cm³/mol. The van der Waals surface area contributed by atoms with Crippen LogP contribution in [0.3, 0.4) is 0 Å². The first-order chi connectivity index (χ1) is 9.41. The van der Waals surface area contributed by atoms with Crippen LogP contribution in [0.2, 0.25) is 0 Å². The molecule has 1 heterocycles. The summed E-state index contributed by atoms with van der Waals surface area (Å²) in [7, 11) is 0. The summed E-state index contributed by atoms with van der Waals surface area (Å²) in [6.45, 7) is 5.70. The van der Waals surface area contributed by atoms with Gasteiger partial charge in [0.25, 0.3) is 0 Å². The van der Waals surface area contributed by atoms with Crippen molar-refractivity contribution in [2.24, 2.45) is 5.92 Å². The Hall–Kier alpha value is -1.91. The van der Waals surface area contributed by atoms with Crippen LogP contribution in [0.15, 0.2) is 24.3 Å². The van der Waals surface area contributed by atoms with Gasteiger partial charge in [0.05, 0.1) is 12.6 Å². The number of hydrogen-bond acceptors (Lipinski definition) is 2. The zero-order valence-electron chi connectivity index (χ0n) is 11.9. The molecule has 1 aromatic rings. The van der Waals surface area contributed by atoms with E-state index in [0.717, 1.165) is 5.56 Å². The number of rotatable bonds is 3. The van der Waals surface area contributed by atoms with E-state index in [0.29, 0.717) is 0 Å². The number of benzene rings is 1. The second kappa shape index (κ2) is 5.61. The standard InChI is InChI=1S/C15H19FN2O2/c1-9(2)14-15(20)17-8-13(19)18(14)10(3)11-4-6-12(16)7-5-11/h4-7,9-10,14H,8H2,1-3H3,(H,17,20). The Bertz CT molecular complexity index is 513. The molecule has 0 saturated carbocycles. The highest BCUT2D eigenvalue weighted by molar-refractivity contribution is 5.95. The molecule has 2 rings (SSSR count). The lowest BCUT2D eigenvalue weighted by molar-refractivity contribution is -0.150. The van der Waals surface area contributed by atoms with Crippen LogP contribution in [0, 0.1) is 11.7 Å². The Balaban J connectivity index is 2.33. The maximum Gasteiger partial charge on any atom is 0.243 e. The van der Waals surface area contributed by atoms with Crippen LogP contribution in [0.4, 0.5) is 4.39 Å². The molecule has 2 unspecified atom stereocenters. The lowest BCUT2D eigenvalue weighted by atomic mass is 9.95. The zero-order chi connectivity index (χ0) is 14.9. The van der Waals surface area contributed by atoms with Crippen molar-refractivity contribution in [3.63, 3.8) is 0 Å². The number of amides is 2. The van der Waals surface area contributed by atoms with E-state index < -0.39 is 6.04 Å². The fourth-order valence-corrected chi connectivity index (χ4v) is 2.62. The lowest BCUT2D eigenvalue weighted by Crippen LogP contribution is -2.60. The quantitative estimate of drug-likeness (QED) is 0.917. The average Bonchev–Trinajstić information content (AvgIpc) is 2.40. The molecular formula is C15H19FN2O2. The molecule has 1 aliphatic rings. The molecule has 0 aromatic heterocycles. The van der Waals surface area contributed by atoms with Gasteiger partial charge in [0, 0.05) is 0 Å².